The summed E-state index contributed by atoms with van der Waals surface area (Å²) >= 11 is 5.84. The Balaban J connectivity index is 2.60. The quantitative estimate of drug-likeness (QED) is 0.546. The first kappa shape index (κ1) is 24.2. The van der Waals surface area contributed by atoms with E-state index in [0.717, 1.165) is 0 Å². The van der Waals surface area contributed by atoms with Crippen LogP contribution in [0, 0.1) is 0 Å². The van der Waals surface area contributed by atoms with Gasteiger partial charge in [-0.05, 0) is 31.5 Å². The summed E-state index contributed by atoms with van der Waals surface area (Å²) in [6.45, 7) is 4.18. The molecule has 0 saturated carbocycles. The maximum absolute atomic E-state index is 12.1. The Kier molecular flexibility index (Phi) is 9.94. The minimum absolute atomic E-state index is 0.102. The van der Waals surface area contributed by atoms with E-state index in [2.05, 4.69) is 5.32 Å². The maximum atomic E-state index is 12.1. The molecular weight excluding hydrogens is 400 g/mol. The van der Waals surface area contributed by atoms with Gasteiger partial charge in [0.15, 0.2) is 6.61 Å². The minimum atomic E-state index is -0.802. The topological polar surface area (TPSA) is 122 Å². The number of ether oxygens (including phenoxy) is 1. The third kappa shape index (κ3) is 8.39. The van der Waals surface area contributed by atoms with E-state index < -0.39 is 30.6 Å². The summed E-state index contributed by atoms with van der Waals surface area (Å²) in [4.78, 5) is 50.3. The van der Waals surface area contributed by atoms with Gasteiger partial charge in [0.2, 0.25) is 5.91 Å². The van der Waals surface area contributed by atoms with Gasteiger partial charge in [-0.2, -0.15) is 0 Å². The van der Waals surface area contributed by atoms with E-state index >= 15 is 0 Å². The molecule has 0 aliphatic carbocycles. The van der Waals surface area contributed by atoms with Crippen molar-refractivity contribution in [3.05, 3.63) is 34.9 Å². The molecule has 1 atom stereocenters. The fourth-order valence-electron chi connectivity index (χ4n) is 2.56. The van der Waals surface area contributed by atoms with Crippen molar-refractivity contribution in [1.82, 2.24) is 15.1 Å². The number of nitrogens with one attached hydrogen (secondary N) is 1. The Morgan fingerprint density at radius 2 is 1.69 bits per heavy atom. The molecule has 10 heteroatoms. The number of amides is 4. The lowest BCUT2D eigenvalue weighted by molar-refractivity contribution is -0.152. The minimum Gasteiger partial charge on any atom is -0.455 e. The highest BCUT2D eigenvalue weighted by molar-refractivity contribution is 6.30. The molecule has 1 aromatic carbocycles. The van der Waals surface area contributed by atoms with Crippen LogP contribution in [0.1, 0.15) is 31.9 Å². The van der Waals surface area contributed by atoms with Crippen LogP contribution in [0.5, 0.6) is 0 Å². The molecule has 0 bridgehead atoms. The number of benzene rings is 1. The van der Waals surface area contributed by atoms with Crippen LogP contribution < -0.4 is 11.1 Å². The van der Waals surface area contributed by atoms with E-state index in [9.17, 15) is 19.2 Å². The van der Waals surface area contributed by atoms with Gasteiger partial charge < -0.3 is 25.6 Å². The van der Waals surface area contributed by atoms with Crippen molar-refractivity contribution in [2.24, 2.45) is 5.73 Å². The smallest absolute Gasteiger partial charge is 0.312 e. The lowest BCUT2D eigenvalue weighted by Crippen LogP contribution is -2.42. The highest BCUT2D eigenvalue weighted by Crippen LogP contribution is 2.20. The van der Waals surface area contributed by atoms with Gasteiger partial charge in [0.25, 0.3) is 5.91 Å². The van der Waals surface area contributed by atoms with Gasteiger partial charge in [0.1, 0.15) is 0 Å². The van der Waals surface area contributed by atoms with Gasteiger partial charge in [-0.3, -0.25) is 14.4 Å². The number of hydrogen-bond donors (Lipinski definition) is 2. The van der Waals surface area contributed by atoms with Crippen LogP contribution >= 0.6 is 11.6 Å². The first-order valence-electron chi connectivity index (χ1n) is 9.16. The molecule has 1 aromatic rings. The first-order valence-corrected chi connectivity index (χ1v) is 9.54. The summed E-state index contributed by atoms with van der Waals surface area (Å²) < 4.78 is 5.00. The van der Waals surface area contributed by atoms with Crippen molar-refractivity contribution in [2.45, 2.75) is 26.3 Å². The normalized spacial score (nSPS) is 11.3. The summed E-state index contributed by atoms with van der Waals surface area (Å²) in [6.07, 6.45) is -0.222. The fourth-order valence-corrected chi connectivity index (χ4v) is 2.69. The van der Waals surface area contributed by atoms with Gasteiger partial charge in [0, 0.05) is 25.2 Å². The van der Waals surface area contributed by atoms with E-state index in [0.29, 0.717) is 23.7 Å². The zero-order valence-electron chi connectivity index (χ0n) is 16.8. The number of nitrogens with zero attached hydrogens (tertiary/aromatic N) is 2. The molecule has 0 aromatic heterocycles. The first-order chi connectivity index (χ1) is 13.7. The molecule has 1 rings (SSSR count). The van der Waals surface area contributed by atoms with Crippen LogP contribution in [0.2, 0.25) is 5.02 Å². The second-order valence-electron chi connectivity index (χ2n) is 6.29. The van der Waals surface area contributed by atoms with Crippen molar-refractivity contribution in [3.8, 4) is 0 Å². The Hall–Kier alpha value is -2.81. The molecule has 0 heterocycles. The molecular formula is C19H27ClN4O5. The number of hydrogen-bond acceptors (Lipinski definition) is 5. The Bertz CT molecular complexity index is 722. The third-order valence-electron chi connectivity index (χ3n) is 4.23. The largest absolute Gasteiger partial charge is 0.455 e. The van der Waals surface area contributed by atoms with Crippen molar-refractivity contribution in [3.63, 3.8) is 0 Å². The van der Waals surface area contributed by atoms with E-state index in [-0.39, 0.29) is 18.9 Å². The third-order valence-corrected chi connectivity index (χ3v) is 4.48. The highest BCUT2D eigenvalue weighted by Gasteiger charge is 2.21. The number of carbonyl (C=O) groups is 4. The summed E-state index contributed by atoms with van der Waals surface area (Å²) in [7, 11) is 1.46. The number of likely N-dealkylation sites (N-methyl/N-ethyl adjacent to an activating group) is 2. The van der Waals surface area contributed by atoms with Crippen molar-refractivity contribution in [1.29, 1.82) is 0 Å². The van der Waals surface area contributed by atoms with Gasteiger partial charge in [-0.25, -0.2) is 4.79 Å². The molecule has 160 valence electrons. The zero-order valence-corrected chi connectivity index (χ0v) is 17.6. The molecule has 4 amide bonds. The number of rotatable bonds is 10. The summed E-state index contributed by atoms with van der Waals surface area (Å²) in [6, 6.07) is 4.99. The zero-order chi connectivity index (χ0) is 22.0. The standard InChI is InChI=1S/C19H27ClN4O5/c1-4-24(5-2)16(25)11-23(3)17(26)12-29-18(27)10-15(22-19(21)28)13-6-8-14(20)9-7-13/h6-9,15H,4-5,10-12H2,1-3H3,(H3,21,22,28)/t15-/m0/s1. The summed E-state index contributed by atoms with van der Waals surface area (Å²) in [5.74, 6) is -1.40. The van der Waals surface area contributed by atoms with Gasteiger partial charge >= 0.3 is 12.0 Å². The van der Waals surface area contributed by atoms with Gasteiger partial charge in [-0.1, -0.05) is 23.7 Å². The fraction of sp³-hybridized carbons (Fsp3) is 0.474. The number of halogens is 1. The van der Waals surface area contributed by atoms with Crippen molar-refractivity contribution >= 4 is 35.4 Å². The summed E-state index contributed by atoms with van der Waals surface area (Å²) in [5.41, 5.74) is 5.78. The molecule has 0 unspecified atom stereocenters. The van der Waals surface area contributed by atoms with Crippen LogP contribution in [0.25, 0.3) is 0 Å². The molecule has 0 aliphatic rings. The van der Waals surface area contributed by atoms with E-state index in [4.69, 9.17) is 22.1 Å². The monoisotopic (exact) mass is 426 g/mol. The predicted molar refractivity (Wildman–Crippen MR) is 108 cm³/mol. The lowest BCUT2D eigenvalue weighted by Gasteiger charge is -2.23. The number of carbonyl (C=O) groups excluding carboxylic acids is 4. The Labute approximate surface area is 175 Å². The Morgan fingerprint density at radius 3 is 2.21 bits per heavy atom. The molecule has 0 fully saturated rings. The van der Waals surface area contributed by atoms with Crippen LogP contribution in [0.15, 0.2) is 24.3 Å². The molecule has 0 saturated heterocycles. The van der Waals surface area contributed by atoms with Gasteiger partial charge in [-0.15, -0.1) is 0 Å². The highest BCUT2D eigenvalue weighted by atomic mass is 35.5. The average Bonchev–Trinajstić information content (AvgIpc) is 2.66. The van der Waals surface area contributed by atoms with E-state index in [1.54, 1.807) is 29.2 Å². The predicted octanol–water partition coefficient (Wildman–Crippen LogP) is 1.31. The Morgan fingerprint density at radius 1 is 1.10 bits per heavy atom. The molecule has 0 radical (unpaired) electrons. The van der Waals surface area contributed by atoms with Crippen molar-refractivity contribution < 1.29 is 23.9 Å². The van der Waals surface area contributed by atoms with Crippen LogP contribution in [-0.4, -0.2) is 66.9 Å². The molecule has 3 N–H and O–H groups in total. The van der Waals surface area contributed by atoms with Crippen LogP contribution in [0.4, 0.5) is 4.79 Å². The lowest BCUT2D eigenvalue weighted by atomic mass is 10.0. The van der Waals surface area contributed by atoms with Crippen LogP contribution in [0.3, 0.4) is 0 Å². The number of primary amides is 1. The van der Waals surface area contributed by atoms with Crippen LogP contribution in [-0.2, 0) is 19.1 Å². The molecule has 0 aliphatic heterocycles. The number of esters is 1. The second kappa shape index (κ2) is 11.9. The second-order valence-corrected chi connectivity index (χ2v) is 6.73. The van der Waals surface area contributed by atoms with Gasteiger partial charge in [0.05, 0.1) is 19.0 Å². The molecule has 9 nitrogen and oxygen atoms in total. The van der Waals surface area contributed by atoms with E-state index in [1.807, 2.05) is 13.8 Å². The number of nitrogens with two attached hydrogens (primary N) is 1. The molecule has 0 spiro atoms. The molecule has 29 heavy (non-hydrogen) atoms. The SMILES string of the molecule is CCN(CC)C(=O)CN(C)C(=O)COC(=O)C[C@H](NC(N)=O)c1ccc(Cl)cc1. The summed E-state index contributed by atoms with van der Waals surface area (Å²) in [5, 5.41) is 2.96. The number of urea groups is 1. The van der Waals surface area contributed by atoms with Crippen molar-refractivity contribution in [2.75, 3.05) is 33.3 Å². The van der Waals surface area contributed by atoms with E-state index in [1.165, 1.54) is 11.9 Å². The maximum Gasteiger partial charge on any atom is 0.312 e. The average molecular weight is 427 g/mol.